The number of benzene rings is 1. The molecule has 0 aliphatic carbocycles. The largest absolute Gasteiger partial charge is 0.306 e. The van der Waals surface area contributed by atoms with Crippen molar-refractivity contribution >= 4 is 0 Å². The molecule has 0 atom stereocenters. The van der Waals surface area contributed by atoms with E-state index in [1.807, 2.05) is 16.8 Å². The van der Waals surface area contributed by atoms with Crippen LogP contribution < -0.4 is 5.32 Å². The number of nitrogens with one attached hydrogen (secondary N) is 1. The van der Waals surface area contributed by atoms with Crippen molar-refractivity contribution in [1.82, 2.24) is 14.9 Å². The second-order valence-corrected chi connectivity index (χ2v) is 5.74. The minimum absolute atomic E-state index is 0.0338. The standard InChI is InChI=1S/C15H20FN3/c1-11-13(16)6-5-7-14(11)19-10-17-8-12(19)9-18-15(2,3)4/h5-8,10,18H,9H2,1-4H3. The summed E-state index contributed by atoms with van der Waals surface area (Å²) in [5, 5.41) is 3.41. The Kier molecular flexibility index (Phi) is 3.71. The molecule has 0 saturated heterocycles. The number of hydrogen-bond acceptors (Lipinski definition) is 2. The maximum Gasteiger partial charge on any atom is 0.128 e. The average Bonchev–Trinajstić information content (AvgIpc) is 2.77. The number of hydrogen-bond donors (Lipinski definition) is 1. The first-order valence-electron chi connectivity index (χ1n) is 6.40. The second-order valence-electron chi connectivity index (χ2n) is 5.74. The van der Waals surface area contributed by atoms with Crippen LogP contribution in [0.15, 0.2) is 30.7 Å². The predicted molar refractivity (Wildman–Crippen MR) is 74.9 cm³/mol. The molecule has 0 spiro atoms. The molecule has 1 aromatic heterocycles. The average molecular weight is 261 g/mol. The highest BCUT2D eigenvalue weighted by Gasteiger charge is 2.13. The third-order valence-electron chi connectivity index (χ3n) is 3.01. The Morgan fingerprint density at radius 3 is 2.74 bits per heavy atom. The fourth-order valence-electron chi connectivity index (χ4n) is 1.88. The van der Waals surface area contributed by atoms with E-state index in [0.717, 1.165) is 11.4 Å². The first kappa shape index (κ1) is 13.7. The maximum atomic E-state index is 13.6. The molecule has 0 amide bonds. The Labute approximate surface area is 113 Å². The van der Waals surface area contributed by atoms with Gasteiger partial charge in [0.2, 0.25) is 0 Å². The predicted octanol–water partition coefficient (Wildman–Crippen LogP) is 3.21. The van der Waals surface area contributed by atoms with Crippen LogP contribution in [0.5, 0.6) is 0 Å². The van der Waals surface area contributed by atoms with E-state index in [4.69, 9.17) is 0 Å². The molecule has 1 N–H and O–H groups in total. The first-order valence-corrected chi connectivity index (χ1v) is 6.40. The minimum atomic E-state index is -0.194. The lowest BCUT2D eigenvalue weighted by molar-refractivity contribution is 0.419. The molecule has 4 heteroatoms. The van der Waals surface area contributed by atoms with Crippen LogP contribution in [-0.2, 0) is 6.54 Å². The normalized spacial score (nSPS) is 11.8. The number of nitrogens with zero attached hydrogens (tertiary/aromatic N) is 2. The summed E-state index contributed by atoms with van der Waals surface area (Å²) in [7, 11) is 0. The lowest BCUT2D eigenvalue weighted by atomic mass is 10.1. The van der Waals surface area contributed by atoms with Crippen LogP contribution in [0.3, 0.4) is 0 Å². The summed E-state index contributed by atoms with van der Waals surface area (Å²) in [6.45, 7) is 8.81. The molecule has 0 aliphatic rings. The summed E-state index contributed by atoms with van der Waals surface area (Å²) < 4.78 is 15.6. The van der Waals surface area contributed by atoms with Crippen LogP contribution in [0.2, 0.25) is 0 Å². The first-order chi connectivity index (χ1) is 8.88. The molecule has 0 unspecified atom stereocenters. The van der Waals surface area contributed by atoms with Gasteiger partial charge >= 0.3 is 0 Å². The topological polar surface area (TPSA) is 29.9 Å². The van der Waals surface area contributed by atoms with Gasteiger partial charge in [-0.1, -0.05) is 6.07 Å². The van der Waals surface area contributed by atoms with Crippen molar-refractivity contribution in [2.75, 3.05) is 0 Å². The lowest BCUT2D eigenvalue weighted by Gasteiger charge is -2.21. The third-order valence-corrected chi connectivity index (χ3v) is 3.01. The van der Waals surface area contributed by atoms with Crippen LogP contribution >= 0.6 is 0 Å². The van der Waals surface area contributed by atoms with Crippen molar-refractivity contribution in [3.63, 3.8) is 0 Å². The van der Waals surface area contributed by atoms with Gasteiger partial charge in [-0.05, 0) is 39.8 Å². The molecule has 2 rings (SSSR count). The Bertz CT molecular complexity index is 567. The molecule has 2 aromatic rings. The van der Waals surface area contributed by atoms with Crippen molar-refractivity contribution in [3.05, 3.63) is 47.8 Å². The molecule has 0 aliphatic heterocycles. The van der Waals surface area contributed by atoms with Crippen LogP contribution in [0.25, 0.3) is 5.69 Å². The monoisotopic (exact) mass is 261 g/mol. The van der Waals surface area contributed by atoms with Crippen molar-refractivity contribution in [1.29, 1.82) is 0 Å². The fourth-order valence-corrected chi connectivity index (χ4v) is 1.88. The molecule has 0 bridgehead atoms. The van der Waals surface area contributed by atoms with Crippen molar-refractivity contribution in [2.24, 2.45) is 0 Å². The van der Waals surface area contributed by atoms with E-state index in [0.29, 0.717) is 12.1 Å². The zero-order chi connectivity index (χ0) is 14.0. The highest BCUT2D eigenvalue weighted by molar-refractivity contribution is 5.42. The zero-order valence-corrected chi connectivity index (χ0v) is 11.9. The SMILES string of the molecule is Cc1c(F)cccc1-n1cncc1CNC(C)(C)C. The molecule has 102 valence electrons. The van der Waals surface area contributed by atoms with E-state index >= 15 is 0 Å². The summed E-state index contributed by atoms with van der Waals surface area (Å²) >= 11 is 0. The molecule has 1 heterocycles. The Morgan fingerprint density at radius 1 is 1.32 bits per heavy atom. The van der Waals surface area contributed by atoms with Crippen LogP contribution in [0.1, 0.15) is 32.0 Å². The molecule has 1 aromatic carbocycles. The second kappa shape index (κ2) is 5.13. The molecular formula is C15H20FN3. The van der Waals surface area contributed by atoms with E-state index in [2.05, 4.69) is 31.1 Å². The summed E-state index contributed by atoms with van der Waals surface area (Å²) in [4.78, 5) is 4.17. The number of halogens is 1. The van der Waals surface area contributed by atoms with Gasteiger partial charge in [-0.2, -0.15) is 0 Å². The summed E-state index contributed by atoms with van der Waals surface area (Å²) in [5.74, 6) is -0.194. The lowest BCUT2D eigenvalue weighted by Crippen LogP contribution is -2.35. The van der Waals surface area contributed by atoms with Gasteiger partial charge in [-0.3, -0.25) is 0 Å². The zero-order valence-electron chi connectivity index (χ0n) is 11.9. The minimum Gasteiger partial charge on any atom is -0.306 e. The molecule has 0 saturated carbocycles. The molecule has 19 heavy (non-hydrogen) atoms. The summed E-state index contributed by atoms with van der Waals surface area (Å²) in [5.41, 5.74) is 2.52. The summed E-state index contributed by atoms with van der Waals surface area (Å²) in [6, 6.07) is 5.10. The quantitative estimate of drug-likeness (QED) is 0.919. The molecule has 3 nitrogen and oxygen atoms in total. The van der Waals surface area contributed by atoms with Gasteiger partial charge in [0.15, 0.2) is 0 Å². The van der Waals surface area contributed by atoms with Crippen LogP contribution in [0, 0.1) is 12.7 Å². The van der Waals surface area contributed by atoms with E-state index in [9.17, 15) is 4.39 Å². The Morgan fingerprint density at radius 2 is 2.05 bits per heavy atom. The molecule has 0 radical (unpaired) electrons. The smallest absolute Gasteiger partial charge is 0.128 e. The fraction of sp³-hybridized carbons (Fsp3) is 0.400. The number of rotatable bonds is 3. The highest BCUT2D eigenvalue weighted by Crippen LogP contribution is 2.19. The molecular weight excluding hydrogens is 241 g/mol. The Balaban J connectivity index is 2.31. The van der Waals surface area contributed by atoms with Gasteiger partial charge in [0, 0.05) is 23.8 Å². The van der Waals surface area contributed by atoms with E-state index in [1.165, 1.54) is 6.07 Å². The van der Waals surface area contributed by atoms with E-state index in [1.54, 1.807) is 19.3 Å². The van der Waals surface area contributed by atoms with Gasteiger partial charge in [0.1, 0.15) is 5.82 Å². The summed E-state index contributed by atoms with van der Waals surface area (Å²) in [6.07, 6.45) is 3.53. The van der Waals surface area contributed by atoms with Gasteiger partial charge in [0.25, 0.3) is 0 Å². The molecule has 0 fully saturated rings. The highest BCUT2D eigenvalue weighted by atomic mass is 19.1. The van der Waals surface area contributed by atoms with Crippen LogP contribution in [0.4, 0.5) is 4.39 Å². The number of aromatic nitrogens is 2. The van der Waals surface area contributed by atoms with E-state index in [-0.39, 0.29) is 11.4 Å². The number of imidazole rings is 1. The maximum absolute atomic E-state index is 13.6. The van der Waals surface area contributed by atoms with Gasteiger partial charge in [-0.15, -0.1) is 0 Å². The Hall–Kier alpha value is -1.68. The van der Waals surface area contributed by atoms with Crippen LogP contribution in [-0.4, -0.2) is 15.1 Å². The van der Waals surface area contributed by atoms with Crippen molar-refractivity contribution in [2.45, 2.75) is 39.8 Å². The van der Waals surface area contributed by atoms with Gasteiger partial charge < -0.3 is 9.88 Å². The van der Waals surface area contributed by atoms with Gasteiger partial charge in [0.05, 0.1) is 17.7 Å². The third kappa shape index (κ3) is 3.20. The van der Waals surface area contributed by atoms with E-state index < -0.39 is 0 Å². The van der Waals surface area contributed by atoms with Gasteiger partial charge in [-0.25, -0.2) is 9.37 Å². The van der Waals surface area contributed by atoms with Crippen molar-refractivity contribution < 1.29 is 4.39 Å². The van der Waals surface area contributed by atoms with Crippen molar-refractivity contribution in [3.8, 4) is 5.69 Å².